The SMILES string of the molecule is CC(=O)N1CCN(I)CC1(C)C. The van der Waals surface area contributed by atoms with E-state index in [1.807, 2.05) is 4.90 Å². The van der Waals surface area contributed by atoms with Crippen LogP contribution >= 0.6 is 22.9 Å². The summed E-state index contributed by atoms with van der Waals surface area (Å²) in [5.74, 6) is 0.185. The van der Waals surface area contributed by atoms with E-state index in [4.69, 9.17) is 0 Å². The van der Waals surface area contributed by atoms with Gasteiger partial charge in [-0.05, 0) is 13.8 Å². The first kappa shape index (κ1) is 10.2. The Kier molecular flexibility index (Phi) is 2.98. The Bertz CT molecular complexity index is 193. The van der Waals surface area contributed by atoms with Gasteiger partial charge in [-0.2, -0.15) is 0 Å². The Hall–Kier alpha value is 0.160. The molecule has 0 unspecified atom stereocenters. The van der Waals surface area contributed by atoms with Crippen LogP contribution in [0, 0.1) is 0 Å². The quantitative estimate of drug-likeness (QED) is 0.493. The van der Waals surface area contributed by atoms with Crippen molar-refractivity contribution >= 4 is 28.8 Å². The lowest BCUT2D eigenvalue weighted by Crippen LogP contribution is -2.58. The standard InChI is InChI=1S/C8H15IN2O/c1-7(12)11-5-4-10(9)6-8(11,2)3/h4-6H2,1-3H3. The highest BCUT2D eigenvalue weighted by atomic mass is 127. The average molecular weight is 282 g/mol. The van der Waals surface area contributed by atoms with Gasteiger partial charge in [0, 0.05) is 49.4 Å². The molecule has 0 aromatic heterocycles. The maximum atomic E-state index is 11.2. The van der Waals surface area contributed by atoms with E-state index in [-0.39, 0.29) is 11.4 Å². The molecule has 1 amide bonds. The second kappa shape index (κ2) is 3.49. The van der Waals surface area contributed by atoms with Crippen molar-refractivity contribution in [3.05, 3.63) is 0 Å². The number of amides is 1. The minimum absolute atomic E-state index is 0.00866. The van der Waals surface area contributed by atoms with Crippen molar-refractivity contribution in [2.75, 3.05) is 19.6 Å². The second-order valence-corrected chi connectivity index (χ2v) is 5.19. The molecule has 1 heterocycles. The molecule has 1 saturated heterocycles. The molecule has 0 aromatic rings. The molecule has 0 radical (unpaired) electrons. The van der Waals surface area contributed by atoms with Gasteiger partial charge in [0.1, 0.15) is 0 Å². The van der Waals surface area contributed by atoms with E-state index in [2.05, 4.69) is 39.8 Å². The van der Waals surface area contributed by atoms with Crippen molar-refractivity contribution in [3.8, 4) is 0 Å². The van der Waals surface area contributed by atoms with Crippen LogP contribution in [0.2, 0.25) is 0 Å². The fourth-order valence-electron chi connectivity index (χ4n) is 1.68. The number of rotatable bonds is 0. The summed E-state index contributed by atoms with van der Waals surface area (Å²) in [5, 5.41) is 0. The Morgan fingerprint density at radius 3 is 2.42 bits per heavy atom. The summed E-state index contributed by atoms with van der Waals surface area (Å²) in [7, 11) is 0. The molecular formula is C8H15IN2O. The summed E-state index contributed by atoms with van der Waals surface area (Å²) in [4.78, 5) is 13.2. The third-order valence-corrected chi connectivity index (χ3v) is 3.06. The number of carbonyl (C=O) groups is 1. The maximum Gasteiger partial charge on any atom is 0.219 e. The number of hydrogen-bond donors (Lipinski definition) is 0. The number of halogens is 1. The zero-order valence-electron chi connectivity index (χ0n) is 7.80. The summed E-state index contributed by atoms with van der Waals surface area (Å²) in [6.45, 7) is 8.64. The molecule has 3 nitrogen and oxygen atoms in total. The van der Waals surface area contributed by atoms with Gasteiger partial charge in [-0.25, -0.2) is 3.11 Å². The van der Waals surface area contributed by atoms with Gasteiger partial charge >= 0.3 is 0 Å². The van der Waals surface area contributed by atoms with E-state index >= 15 is 0 Å². The minimum Gasteiger partial charge on any atom is -0.335 e. The zero-order valence-corrected chi connectivity index (χ0v) is 9.96. The molecule has 0 bridgehead atoms. The van der Waals surface area contributed by atoms with Crippen LogP contribution in [-0.2, 0) is 4.79 Å². The summed E-state index contributed by atoms with van der Waals surface area (Å²) < 4.78 is 2.23. The summed E-state index contributed by atoms with van der Waals surface area (Å²) in [6.07, 6.45) is 0. The lowest BCUT2D eigenvalue weighted by molar-refractivity contribution is -0.136. The smallest absolute Gasteiger partial charge is 0.219 e. The molecule has 12 heavy (non-hydrogen) atoms. The molecule has 70 valence electrons. The van der Waals surface area contributed by atoms with Gasteiger partial charge < -0.3 is 4.90 Å². The van der Waals surface area contributed by atoms with Crippen LogP contribution in [-0.4, -0.2) is 39.1 Å². The normalized spacial score (nSPS) is 24.2. The molecule has 0 spiro atoms. The van der Waals surface area contributed by atoms with Gasteiger partial charge in [-0.3, -0.25) is 4.79 Å². The zero-order chi connectivity index (χ0) is 9.35. The summed E-state index contributed by atoms with van der Waals surface area (Å²) in [5.41, 5.74) is -0.00866. The Labute approximate surface area is 87.6 Å². The third kappa shape index (κ3) is 2.10. The molecule has 0 aliphatic carbocycles. The largest absolute Gasteiger partial charge is 0.335 e. The number of carbonyl (C=O) groups excluding carboxylic acids is 1. The third-order valence-electron chi connectivity index (χ3n) is 2.24. The molecule has 1 aliphatic rings. The topological polar surface area (TPSA) is 23.6 Å². The van der Waals surface area contributed by atoms with Gasteiger partial charge in [0.2, 0.25) is 5.91 Å². The Morgan fingerprint density at radius 1 is 1.42 bits per heavy atom. The maximum absolute atomic E-state index is 11.2. The number of nitrogens with zero attached hydrogens (tertiary/aromatic N) is 2. The van der Waals surface area contributed by atoms with E-state index < -0.39 is 0 Å². The summed E-state index contributed by atoms with van der Waals surface area (Å²) >= 11 is 2.31. The molecule has 1 fully saturated rings. The minimum atomic E-state index is -0.00866. The fourth-order valence-corrected chi connectivity index (χ4v) is 2.73. The molecule has 0 aromatic carbocycles. The fraction of sp³-hybridized carbons (Fsp3) is 0.875. The van der Waals surface area contributed by atoms with Gasteiger partial charge in [0.05, 0.1) is 5.54 Å². The predicted molar refractivity (Wildman–Crippen MR) is 57.1 cm³/mol. The van der Waals surface area contributed by atoms with Crippen molar-refractivity contribution < 1.29 is 4.79 Å². The van der Waals surface area contributed by atoms with E-state index in [0.29, 0.717) is 0 Å². The van der Waals surface area contributed by atoms with E-state index in [9.17, 15) is 4.79 Å². The van der Waals surface area contributed by atoms with Crippen LogP contribution in [0.3, 0.4) is 0 Å². The molecule has 0 N–H and O–H groups in total. The van der Waals surface area contributed by atoms with Crippen LogP contribution < -0.4 is 0 Å². The molecule has 1 rings (SSSR count). The first-order valence-corrected chi connectivity index (χ1v) is 5.09. The lowest BCUT2D eigenvalue weighted by Gasteiger charge is -2.44. The Morgan fingerprint density at radius 2 is 2.00 bits per heavy atom. The van der Waals surface area contributed by atoms with Crippen molar-refractivity contribution in [2.24, 2.45) is 0 Å². The van der Waals surface area contributed by atoms with Crippen LogP contribution in [0.4, 0.5) is 0 Å². The molecule has 1 aliphatic heterocycles. The van der Waals surface area contributed by atoms with Crippen LogP contribution in [0.15, 0.2) is 0 Å². The van der Waals surface area contributed by atoms with Gasteiger partial charge in [-0.1, -0.05) is 0 Å². The van der Waals surface area contributed by atoms with Crippen LogP contribution in [0.25, 0.3) is 0 Å². The Balaban J connectivity index is 2.70. The molecule has 4 heteroatoms. The van der Waals surface area contributed by atoms with Gasteiger partial charge in [0.25, 0.3) is 0 Å². The lowest BCUT2D eigenvalue weighted by atomic mass is 10.0. The van der Waals surface area contributed by atoms with Crippen LogP contribution in [0.1, 0.15) is 20.8 Å². The highest BCUT2D eigenvalue weighted by Gasteiger charge is 2.34. The first-order valence-electron chi connectivity index (χ1n) is 4.12. The predicted octanol–water partition coefficient (Wildman–Crippen LogP) is 1.28. The van der Waals surface area contributed by atoms with Crippen LogP contribution in [0.5, 0.6) is 0 Å². The van der Waals surface area contributed by atoms with E-state index in [1.54, 1.807) is 6.92 Å². The average Bonchev–Trinajstić information content (AvgIpc) is 1.82. The van der Waals surface area contributed by atoms with E-state index in [0.717, 1.165) is 19.6 Å². The van der Waals surface area contributed by atoms with Crippen molar-refractivity contribution in [1.29, 1.82) is 0 Å². The van der Waals surface area contributed by atoms with Gasteiger partial charge in [-0.15, -0.1) is 0 Å². The highest BCUT2D eigenvalue weighted by Crippen LogP contribution is 2.22. The highest BCUT2D eigenvalue weighted by molar-refractivity contribution is 14.1. The number of hydrogen-bond acceptors (Lipinski definition) is 2. The van der Waals surface area contributed by atoms with Crippen molar-refractivity contribution in [2.45, 2.75) is 26.3 Å². The first-order chi connectivity index (χ1) is 5.43. The van der Waals surface area contributed by atoms with Crippen molar-refractivity contribution in [1.82, 2.24) is 8.01 Å². The van der Waals surface area contributed by atoms with Crippen molar-refractivity contribution in [3.63, 3.8) is 0 Å². The number of piperazine rings is 1. The molecule has 0 atom stereocenters. The molecule has 0 saturated carbocycles. The molecular weight excluding hydrogens is 267 g/mol. The van der Waals surface area contributed by atoms with E-state index in [1.165, 1.54) is 0 Å². The second-order valence-electron chi connectivity index (χ2n) is 3.83. The summed E-state index contributed by atoms with van der Waals surface area (Å²) in [6, 6.07) is 0. The monoisotopic (exact) mass is 282 g/mol. The van der Waals surface area contributed by atoms with Gasteiger partial charge in [0.15, 0.2) is 0 Å².